The normalized spacial score (nSPS) is 19.6. The van der Waals surface area contributed by atoms with Gasteiger partial charge in [0.2, 0.25) is 5.91 Å². The molecular weight excluding hydrogens is 440 g/mol. The lowest BCUT2D eigenvalue weighted by atomic mass is 10.1. The van der Waals surface area contributed by atoms with Gasteiger partial charge < -0.3 is 10.1 Å². The third kappa shape index (κ3) is 5.79. The number of morpholine rings is 1. The molecule has 0 bridgehead atoms. The van der Waals surface area contributed by atoms with E-state index in [2.05, 4.69) is 19.9 Å². The van der Waals surface area contributed by atoms with Gasteiger partial charge in [-0.3, -0.25) is 19.4 Å². The number of benzene rings is 2. The van der Waals surface area contributed by atoms with Crippen LogP contribution < -0.4 is 10.0 Å². The number of amides is 1. The monoisotopic (exact) mass is 470 g/mol. The van der Waals surface area contributed by atoms with Crippen LogP contribution in [0.5, 0.6) is 0 Å². The quantitative estimate of drug-likeness (QED) is 0.618. The maximum atomic E-state index is 13.2. The molecule has 33 heavy (non-hydrogen) atoms. The summed E-state index contributed by atoms with van der Waals surface area (Å²) in [5.74, 6) is -0.0222. The number of amidine groups is 1. The average Bonchev–Trinajstić information content (AvgIpc) is 3.07. The van der Waals surface area contributed by atoms with Gasteiger partial charge in [-0.05, 0) is 36.2 Å². The molecule has 2 N–H and O–H groups in total. The highest BCUT2D eigenvalue weighted by atomic mass is 32.2. The summed E-state index contributed by atoms with van der Waals surface area (Å²) in [6.45, 7) is 6.11. The first-order chi connectivity index (χ1) is 16.0. The van der Waals surface area contributed by atoms with Crippen molar-refractivity contribution in [3.63, 3.8) is 0 Å². The first-order valence-corrected chi connectivity index (χ1v) is 12.8. The lowest BCUT2D eigenvalue weighted by Crippen LogP contribution is -2.35. The lowest BCUT2D eigenvalue weighted by Gasteiger charge is -2.26. The van der Waals surface area contributed by atoms with Crippen LogP contribution in [-0.4, -0.2) is 57.4 Å². The minimum atomic E-state index is -3.65. The minimum Gasteiger partial charge on any atom is -0.379 e. The van der Waals surface area contributed by atoms with Crippen molar-refractivity contribution in [1.29, 1.82) is 0 Å². The topological polar surface area (TPSA) is 100 Å². The van der Waals surface area contributed by atoms with E-state index >= 15 is 0 Å². The molecule has 0 aromatic heterocycles. The Morgan fingerprint density at radius 2 is 1.97 bits per heavy atom. The number of aliphatic imine (C=N–C) groups is 1. The van der Waals surface area contributed by atoms with Crippen LogP contribution in [0.4, 0.5) is 5.69 Å². The molecule has 0 saturated carbocycles. The van der Waals surface area contributed by atoms with E-state index in [1.807, 2.05) is 31.2 Å². The molecule has 9 heteroatoms. The standard InChI is InChI=1S/C24H30N4O4S/c1-2-3-10-21(26-23-20-9-4-5-11-22(20)33(30,31)27-23)24(29)25-19-8-6-7-18(16-19)17-28-12-14-32-15-13-28/h4-9,11,16,21H,2-3,10,12-15,17H2,1H3,(H,25,29)(H,26,27). The first-order valence-electron chi connectivity index (χ1n) is 11.4. The number of carbonyl (C=O) groups is 1. The Morgan fingerprint density at radius 1 is 1.18 bits per heavy atom. The summed E-state index contributed by atoms with van der Waals surface area (Å²) < 4.78 is 32.7. The Hall–Kier alpha value is -2.75. The van der Waals surface area contributed by atoms with Crippen molar-refractivity contribution < 1.29 is 17.9 Å². The van der Waals surface area contributed by atoms with Crippen LogP contribution in [0.25, 0.3) is 0 Å². The van der Waals surface area contributed by atoms with Crippen LogP contribution >= 0.6 is 0 Å². The molecule has 2 heterocycles. The van der Waals surface area contributed by atoms with Gasteiger partial charge in [-0.15, -0.1) is 0 Å². The number of sulfonamides is 1. The van der Waals surface area contributed by atoms with Gasteiger partial charge >= 0.3 is 0 Å². The largest absolute Gasteiger partial charge is 0.379 e. The van der Waals surface area contributed by atoms with E-state index in [9.17, 15) is 13.2 Å². The fourth-order valence-corrected chi connectivity index (χ4v) is 5.27. The Kier molecular flexibility index (Phi) is 7.42. The predicted molar refractivity (Wildman–Crippen MR) is 128 cm³/mol. The number of ether oxygens (including phenoxy) is 1. The van der Waals surface area contributed by atoms with Gasteiger partial charge in [0.1, 0.15) is 11.9 Å². The third-order valence-corrected chi connectivity index (χ3v) is 7.18. The number of hydrogen-bond donors (Lipinski definition) is 2. The molecule has 176 valence electrons. The molecule has 0 aliphatic carbocycles. The molecule has 0 radical (unpaired) electrons. The third-order valence-electron chi connectivity index (χ3n) is 5.79. The summed E-state index contributed by atoms with van der Waals surface area (Å²) in [7, 11) is -3.65. The SMILES string of the molecule is CCCCC(N=C1NS(=O)(=O)c2ccccc21)C(=O)Nc1cccc(CN2CCOCC2)c1. The van der Waals surface area contributed by atoms with E-state index < -0.39 is 16.1 Å². The van der Waals surface area contributed by atoms with Crippen molar-refractivity contribution in [3.8, 4) is 0 Å². The first kappa shape index (κ1) is 23.4. The number of carbonyl (C=O) groups excluding carboxylic acids is 1. The summed E-state index contributed by atoms with van der Waals surface area (Å²) in [6.07, 6.45) is 2.25. The van der Waals surface area contributed by atoms with E-state index in [4.69, 9.17) is 4.74 Å². The number of nitrogens with one attached hydrogen (secondary N) is 2. The molecule has 4 rings (SSSR count). The molecule has 1 fully saturated rings. The van der Waals surface area contributed by atoms with Gasteiger partial charge in [-0.25, -0.2) is 8.42 Å². The molecular formula is C24H30N4O4S. The number of hydrogen-bond acceptors (Lipinski definition) is 6. The van der Waals surface area contributed by atoms with Crippen molar-refractivity contribution in [1.82, 2.24) is 9.62 Å². The molecule has 8 nitrogen and oxygen atoms in total. The highest BCUT2D eigenvalue weighted by Gasteiger charge is 2.31. The van der Waals surface area contributed by atoms with E-state index in [0.717, 1.165) is 51.3 Å². The molecule has 2 aromatic carbocycles. The fourth-order valence-electron chi connectivity index (χ4n) is 4.03. The van der Waals surface area contributed by atoms with Crippen LogP contribution in [0.2, 0.25) is 0 Å². The van der Waals surface area contributed by atoms with E-state index in [1.165, 1.54) is 0 Å². The predicted octanol–water partition coefficient (Wildman–Crippen LogP) is 2.75. The fraction of sp³-hybridized carbons (Fsp3) is 0.417. The summed E-state index contributed by atoms with van der Waals surface area (Å²) in [5.41, 5.74) is 2.32. The zero-order chi connectivity index (χ0) is 23.3. The Labute approximate surface area is 195 Å². The zero-order valence-corrected chi connectivity index (χ0v) is 19.6. The van der Waals surface area contributed by atoms with Crippen molar-refractivity contribution in [3.05, 3.63) is 59.7 Å². The van der Waals surface area contributed by atoms with Crippen LogP contribution in [0.3, 0.4) is 0 Å². The highest BCUT2D eigenvalue weighted by molar-refractivity contribution is 7.90. The highest BCUT2D eigenvalue weighted by Crippen LogP contribution is 2.23. The molecule has 1 atom stereocenters. The average molecular weight is 471 g/mol. The maximum absolute atomic E-state index is 13.2. The number of nitrogens with zero attached hydrogens (tertiary/aromatic N) is 2. The van der Waals surface area contributed by atoms with Crippen LogP contribution in [0, 0.1) is 0 Å². The molecule has 1 saturated heterocycles. The maximum Gasteiger partial charge on any atom is 0.263 e. The van der Waals surface area contributed by atoms with Gasteiger partial charge in [0.15, 0.2) is 0 Å². The summed E-state index contributed by atoms with van der Waals surface area (Å²) in [6, 6.07) is 13.8. The second-order valence-electron chi connectivity index (χ2n) is 8.32. The summed E-state index contributed by atoms with van der Waals surface area (Å²) >= 11 is 0. The number of anilines is 1. The molecule has 1 amide bonds. The molecule has 2 aliphatic rings. The smallest absolute Gasteiger partial charge is 0.263 e. The summed E-state index contributed by atoms with van der Waals surface area (Å²) in [5, 5.41) is 2.98. The summed E-state index contributed by atoms with van der Waals surface area (Å²) in [4.78, 5) is 20.2. The number of rotatable bonds is 8. The lowest BCUT2D eigenvalue weighted by molar-refractivity contribution is -0.117. The van der Waals surface area contributed by atoms with Crippen molar-refractivity contribution in [2.24, 2.45) is 4.99 Å². The Balaban J connectivity index is 1.51. The second kappa shape index (κ2) is 10.5. The van der Waals surface area contributed by atoms with Gasteiger partial charge in [-0.1, -0.05) is 44.0 Å². The van der Waals surface area contributed by atoms with Crippen molar-refractivity contribution >= 4 is 27.5 Å². The van der Waals surface area contributed by atoms with Gasteiger partial charge in [-0.2, -0.15) is 0 Å². The number of unbranched alkanes of at least 4 members (excludes halogenated alkanes) is 1. The van der Waals surface area contributed by atoms with Crippen LogP contribution in [0.15, 0.2) is 58.4 Å². The van der Waals surface area contributed by atoms with E-state index in [1.54, 1.807) is 24.3 Å². The van der Waals surface area contributed by atoms with E-state index in [-0.39, 0.29) is 16.6 Å². The Bertz CT molecular complexity index is 1130. The van der Waals surface area contributed by atoms with Crippen LogP contribution in [0.1, 0.15) is 37.3 Å². The number of fused-ring (bicyclic) bond motifs is 1. The Morgan fingerprint density at radius 3 is 2.76 bits per heavy atom. The van der Waals surface area contributed by atoms with Gasteiger partial charge in [0.05, 0.1) is 18.1 Å². The molecule has 2 aromatic rings. The van der Waals surface area contributed by atoms with Gasteiger partial charge in [0, 0.05) is 30.9 Å². The van der Waals surface area contributed by atoms with Gasteiger partial charge in [0.25, 0.3) is 10.0 Å². The zero-order valence-electron chi connectivity index (χ0n) is 18.8. The molecule has 1 unspecified atom stereocenters. The molecule has 0 spiro atoms. The van der Waals surface area contributed by atoms with Crippen LogP contribution in [-0.2, 0) is 26.1 Å². The van der Waals surface area contributed by atoms with Crippen molar-refractivity contribution in [2.45, 2.75) is 43.7 Å². The minimum absolute atomic E-state index is 0.189. The second-order valence-corrected chi connectivity index (χ2v) is 9.97. The van der Waals surface area contributed by atoms with E-state index in [0.29, 0.717) is 17.7 Å². The molecule has 2 aliphatic heterocycles. The van der Waals surface area contributed by atoms with Crippen molar-refractivity contribution in [2.75, 3.05) is 31.6 Å².